The fourth-order valence-corrected chi connectivity index (χ4v) is 3.70. The van der Waals surface area contributed by atoms with Gasteiger partial charge in [-0.3, -0.25) is 4.79 Å². The number of amides is 1. The van der Waals surface area contributed by atoms with Crippen LogP contribution in [0.5, 0.6) is 0 Å². The molecule has 150 valence electrons. The second-order valence-corrected chi connectivity index (χ2v) is 7.36. The maximum absolute atomic E-state index is 12.4. The average molecular weight is 378 g/mol. The number of ether oxygens (including phenoxy) is 2. The number of aromatic nitrogens is 1. The van der Waals surface area contributed by atoms with Crippen molar-refractivity contribution >= 4 is 17.8 Å². The van der Waals surface area contributed by atoms with Crippen LogP contribution in [-0.4, -0.2) is 42.1 Å². The summed E-state index contributed by atoms with van der Waals surface area (Å²) in [7, 11) is 0. The van der Waals surface area contributed by atoms with Crippen molar-refractivity contribution in [3.05, 3.63) is 22.5 Å². The lowest BCUT2D eigenvalue weighted by molar-refractivity contribution is -0.125. The Kier molecular flexibility index (Phi) is 7.05. The minimum absolute atomic E-state index is 0.117. The van der Waals surface area contributed by atoms with E-state index >= 15 is 0 Å². The van der Waals surface area contributed by atoms with E-state index in [9.17, 15) is 14.4 Å². The lowest BCUT2D eigenvalue weighted by atomic mass is 9.78. The van der Waals surface area contributed by atoms with Crippen LogP contribution in [0.1, 0.15) is 72.1 Å². The van der Waals surface area contributed by atoms with Crippen molar-refractivity contribution in [3.63, 3.8) is 0 Å². The van der Waals surface area contributed by atoms with E-state index in [1.54, 1.807) is 20.8 Å². The Hall–Kier alpha value is -2.31. The van der Waals surface area contributed by atoms with E-state index in [1.165, 1.54) is 6.42 Å². The standard InChI is InChI=1S/C20H30N2O5/c1-6-26-20(25)18-13(4)17(14(5)21-18)19(24)27-10-16(23)22-15-9-7-8-11(2)12(15)3/h11-12,15,21H,6-10H2,1-5H3,(H,22,23)/t11-,12-,15-/m1/s1. The highest BCUT2D eigenvalue weighted by Crippen LogP contribution is 2.29. The first-order valence-electron chi connectivity index (χ1n) is 9.59. The van der Waals surface area contributed by atoms with Crippen molar-refractivity contribution in [1.29, 1.82) is 0 Å². The van der Waals surface area contributed by atoms with Crippen LogP contribution >= 0.6 is 0 Å². The molecule has 1 fully saturated rings. The summed E-state index contributed by atoms with van der Waals surface area (Å²) >= 11 is 0. The molecule has 2 N–H and O–H groups in total. The Morgan fingerprint density at radius 2 is 1.81 bits per heavy atom. The number of rotatable bonds is 6. The molecule has 1 amide bonds. The second-order valence-electron chi connectivity index (χ2n) is 7.36. The first-order valence-corrected chi connectivity index (χ1v) is 9.59. The fraction of sp³-hybridized carbons (Fsp3) is 0.650. The molecule has 0 saturated heterocycles. The highest BCUT2D eigenvalue weighted by atomic mass is 16.5. The number of hydrogen-bond donors (Lipinski definition) is 2. The van der Waals surface area contributed by atoms with E-state index in [-0.39, 0.29) is 36.4 Å². The zero-order valence-electron chi connectivity index (χ0n) is 16.8. The van der Waals surface area contributed by atoms with Crippen LogP contribution in [0.25, 0.3) is 0 Å². The van der Waals surface area contributed by atoms with E-state index in [4.69, 9.17) is 9.47 Å². The third kappa shape index (κ3) is 4.90. The predicted octanol–water partition coefficient (Wildman–Crippen LogP) is 2.91. The SMILES string of the molecule is CCOC(=O)c1[nH]c(C)c(C(=O)OCC(=O)N[C@@H]2CCC[C@@H](C)[C@H]2C)c1C. The molecule has 0 unspecified atom stereocenters. The third-order valence-corrected chi connectivity index (χ3v) is 5.51. The Morgan fingerprint density at radius 1 is 1.11 bits per heavy atom. The lowest BCUT2D eigenvalue weighted by Gasteiger charge is -2.34. The van der Waals surface area contributed by atoms with Crippen LogP contribution in [0.4, 0.5) is 0 Å². The number of esters is 2. The number of nitrogens with one attached hydrogen (secondary N) is 2. The normalized spacial score (nSPS) is 22.2. The molecule has 0 bridgehead atoms. The molecular weight excluding hydrogens is 348 g/mol. The van der Waals surface area contributed by atoms with Gasteiger partial charge in [0.25, 0.3) is 5.91 Å². The Morgan fingerprint density at radius 3 is 2.48 bits per heavy atom. The zero-order chi connectivity index (χ0) is 20.1. The molecule has 0 aromatic carbocycles. The fourth-order valence-electron chi connectivity index (χ4n) is 3.70. The van der Waals surface area contributed by atoms with Gasteiger partial charge < -0.3 is 19.8 Å². The maximum Gasteiger partial charge on any atom is 0.355 e. The highest BCUT2D eigenvalue weighted by molar-refractivity contribution is 5.99. The Balaban J connectivity index is 1.95. The van der Waals surface area contributed by atoms with Crippen molar-refractivity contribution in [2.45, 2.75) is 59.9 Å². The van der Waals surface area contributed by atoms with Crippen molar-refractivity contribution in [3.8, 4) is 0 Å². The van der Waals surface area contributed by atoms with E-state index in [1.807, 2.05) is 0 Å². The number of aryl methyl sites for hydroxylation is 1. The number of aromatic amines is 1. The summed E-state index contributed by atoms with van der Waals surface area (Å²) in [5.74, 6) is -0.476. The van der Waals surface area contributed by atoms with Gasteiger partial charge in [0.1, 0.15) is 5.69 Å². The Labute approximate surface area is 160 Å². The minimum atomic E-state index is -0.628. The number of H-pyrrole nitrogens is 1. The summed E-state index contributed by atoms with van der Waals surface area (Å²) in [5.41, 5.74) is 1.48. The molecule has 7 heteroatoms. The summed E-state index contributed by atoms with van der Waals surface area (Å²) in [4.78, 5) is 39.4. The maximum atomic E-state index is 12.4. The largest absolute Gasteiger partial charge is 0.461 e. The average Bonchev–Trinajstić information content (AvgIpc) is 2.92. The smallest absolute Gasteiger partial charge is 0.355 e. The first-order chi connectivity index (χ1) is 12.8. The summed E-state index contributed by atoms with van der Waals surface area (Å²) in [6.07, 6.45) is 3.22. The Bertz CT molecular complexity index is 709. The monoisotopic (exact) mass is 378 g/mol. The van der Waals surface area contributed by atoms with Crippen LogP contribution in [-0.2, 0) is 14.3 Å². The molecule has 0 spiro atoms. The quantitative estimate of drug-likeness (QED) is 0.742. The minimum Gasteiger partial charge on any atom is -0.461 e. The summed E-state index contributed by atoms with van der Waals surface area (Å²) < 4.78 is 10.2. The van der Waals surface area contributed by atoms with Crippen LogP contribution in [0.3, 0.4) is 0 Å². The van der Waals surface area contributed by atoms with E-state index in [0.29, 0.717) is 23.1 Å². The van der Waals surface area contributed by atoms with Crippen molar-refractivity contribution in [2.75, 3.05) is 13.2 Å². The summed E-state index contributed by atoms with van der Waals surface area (Å²) in [6, 6.07) is 0.117. The predicted molar refractivity (Wildman–Crippen MR) is 101 cm³/mol. The molecule has 2 rings (SSSR count). The molecule has 1 aliphatic rings. The van der Waals surface area contributed by atoms with E-state index < -0.39 is 11.9 Å². The van der Waals surface area contributed by atoms with Crippen LogP contribution < -0.4 is 5.32 Å². The molecule has 1 saturated carbocycles. The van der Waals surface area contributed by atoms with E-state index in [0.717, 1.165) is 12.8 Å². The number of carbonyl (C=O) groups is 3. The van der Waals surface area contributed by atoms with Crippen molar-refractivity contribution in [2.24, 2.45) is 11.8 Å². The van der Waals surface area contributed by atoms with Gasteiger partial charge >= 0.3 is 11.9 Å². The van der Waals surface area contributed by atoms with E-state index in [2.05, 4.69) is 24.1 Å². The van der Waals surface area contributed by atoms with Gasteiger partial charge in [0.2, 0.25) is 0 Å². The van der Waals surface area contributed by atoms with Crippen LogP contribution in [0.2, 0.25) is 0 Å². The van der Waals surface area contributed by atoms with Gasteiger partial charge in [-0.1, -0.05) is 26.7 Å². The molecular formula is C20H30N2O5. The van der Waals surface area contributed by atoms with Gasteiger partial charge in [0, 0.05) is 11.7 Å². The molecule has 1 aromatic heterocycles. The van der Waals surface area contributed by atoms with Gasteiger partial charge in [0.15, 0.2) is 6.61 Å². The lowest BCUT2D eigenvalue weighted by Crippen LogP contribution is -2.45. The molecule has 1 heterocycles. The second kappa shape index (κ2) is 9.06. The number of carbonyl (C=O) groups excluding carboxylic acids is 3. The van der Waals surface area contributed by atoms with Gasteiger partial charge in [-0.2, -0.15) is 0 Å². The van der Waals surface area contributed by atoms with Crippen LogP contribution in [0, 0.1) is 25.7 Å². The summed E-state index contributed by atoms with van der Waals surface area (Å²) in [6.45, 7) is 9.29. The summed E-state index contributed by atoms with van der Waals surface area (Å²) in [5, 5.41) is 2.98. The van der Waals surface area contributed by atoms with Gasteiger partial charge in [-0.25, -0.2) is 9.59 Å². The van der Waals surface area contributed by atoms with Crippen LogP contribution in [0.15, 0.2) is 0 Å². The molecule has 7 nitrogen and oxygen atoms in total. The molecule has 1 aliphatic carbocycles. The topological polar surface area (TPSA) is 97.5 Å². The molecule has 3 atom stereocenters. The van der Waals surface area contributed by atoms with Crippen molar-refractivity contribution in [1.82, 2.24) is 10.3 Å². The first kappa shape index (κ1) is 21.0. The molecule has 27 heavy (non-hydrogen) atoms. The molecule has 1 aromatic rings. The highest BCUT2D eigenvalue weighted by Gasteiger charge is 2.29. The number of hydrogen-bond acceptors (Lipinski definition) is 5. The molecule has 0 aliphatic heterocycles. The zero-order valence-corrected chi connectivity index (χ0v) is 16.8. The molecule has 0 radical (unpaired) electrons. The van der Waals surface area contributed by atoms with Crippen molar-refractivity contribution < 1.29 is 23.9 Å². The van der Waals surface area contributed by atoms with Gasteiger partial charge in [-0.05, 0) is 44.6 Å². The van der Waals surface area contributed by atoms with Gasteiger partial charge in [0.05, 0.1) is 12.2 Å². The third-order valence-electron chi connectivity index (χ3n) is 5.51. The van der Waals surface area contributed by atoms with Gasteiger partial charge in [-0.15, -0.1) is 0 Å².